The molecule has 5 heteroatoms. The van der Waals surface area contributed by atoms with Crippen molar-refractivity contribution in [1.82, 2.24) is 0 Å². The molecule has 1 aliphatic rings. The molecule has 0 aromatic carbocycles. The molecule has 0 saturated heterocycles. The summed E-state index contributed by atoms with van der Waals surface area (Å²) in [6.07, 6.45) is 2.84. The number of rotatable bonds is 3. The van der Waals surface area contributed by atoms with Crippen LogP contribution in [-0.4, -0.2) is 20.7 Å². The topological polar surface area (TPSA) is 86.2 Å². The van der Waals surface area contributed by atoms with Crippen molar-refractivity contribution in [2.45, 2.75) is 26.2 Å². The zero-order valence-corrected chi connectivity index (χ0v) is 8.81. The van der Waals surface area contributed by atoms with E-state index in [2.05, 4.69) is 6.92 Å². The quantitative estimate of drug-likeness (QED) is 0.683. The fourth-order valence-electron chi connectivity index (χ4n) is 2.30. The third-order valence-electron chi connectivity index (χ3n) is 2.89. The fraction of sp³-hybridized carbons (Fsp3) is 1.00. The first kappa shape index (κ1) is 10.9. The zero-order chi connectivity index (χ0) is 10.1. The number of hydrogen-bond donors (Lipinski definition) is 2. The monoisotopic (exact) mass is 206 g/mol. The zero-order valence-electron chi connectivity index (χ0n) is 7.99. The molecule has 2 atom stereocenters. The Balaban J connectivity index is 2.72. The lowest BCUT2D eigenvalue weighted by Gasteiger charge is -2.25. The number of nitrogens with two attached hydrogens (primary N) is 2. The van der Waals surface area contributed by atoms with Crippen LogP contribution in [0.3, 0.4) is 0 Å². The van der Waals surface area contributed by atoms with Gasteiger partial charge in [0, 0.05) is 0 Å². The van der Waals surface area contributed by atoms with Gasteiger partial charge in [-0.15, -0.1) is 0 Å². The Kier molecular flexibility index (Phi) is 2.99. The highest BCUT2D eigenvalue weighted by Gasteiger charge is 2.39. The molecule has 1 unspecified atom stereocenters. The summed E-state index contributed by atoms with van der Waals surface area (Å²) in [4.78, 5) is 0. The second-order valence-corrected chi connectivity index (χ2v) is 5.97. The van der Waals surface area contributed by atoms with Gasteiger partial charge in [-0.3, -0.25) is 0 Å². The molecular formula is C8H18N2O2S. The van der Waals surface area contributed by atoms with Crippen molar-refractivity contribution >= 4 is 10.0 Å². The maximum absolute atomic E-state index is 11.0. The molecule has 0 spiro atoms. The van der Waals surface area contributed by atoms with Gasteiger partial charge in [-0.05, 0) is 30.7 Å². The molecule has 0 aromatic rings. The molecule has 4 N–H and O–H groups in total. The predicted molar refractivity (Wildman–Crippen MR) is 52.5 cm³/mol. The van der Waals surface area contributed by atoms with Crippen LogP contribution in [0.1, 0.15) is 26.2 Å². The van der Waals surface area contributed by atoms with Crippen LogP contribution in [0.5, 0.6) is 0 Å². The highest BCUT2D eigenvalue weighted by atomic mass is 32.2. The van der Waals surface area contributed by atoms with Crippen LogP contribution < -0.4 is 10.9 Å². The summed E-state index contributed by atoms with van der Waals surface area (Å²) in [7, 11) is -3.38. The largest absolute Gasteiger partial charge is 0.330 e. The van der Waals surface area contributed by atoms with Crippen molar-refractivity contribution in [3.05, 3.63) is 0 Å². The Bertz CT molecular complexity index is 276. The maximum atomic E-state index is 11.0. The minimum atomic E-state index is -3.38. The first-order valence-electron chi connectivity index (χ1n) is 4.57. The van der Waals surface area contributed by atoms with E-state index in [1.54, 1.807) is 0 Å². The van der Waals surface area contributed by atoms with Crippen LogP contribution in [0.15, 0.2) is 0 Å². The van der Waals surface area contributed by atoms with E-state index in [1.807, 2.05) is 0 Å². The van der Waals surface area contributed by atoms with Crippen LogP contribution in [0.4, 0.5) is 0 Å². The molecule has 0 amide bonds. The van der Waals surface area contributed by atoms with Gasteiger partial charge in [0.2, 0.25) is 10.0 Å². The summed E-state index contributed by atoms with van der Waals surface area (Å²) in [5, 5.41) is 5.04. The molecule has 78 valence electrons. The predicted octanol–water partition coefficient (Wildman–Crippen LogP) is 0.0400. The average Bonchev–Trinajstić information content (AvgIpc) is 2.29. The normalized spacial score (nSPS) is 35.2. The van der Waals surface area contributed by atoms with E-state index in [4.69, 9.17) is 10.9 Å². The smallest absolute Gasteiger partial charge is 0.209 e. The molecule has 13 heavy (non-hydrogen) atoms. The minimum Gasteiger partial charge on any atom is -0.330 e. The Hall–Kier alpha value is -0.130. The van der Waals surface area contributed by atoms with Crippen LogP contribution in [0.25, 0.3) is 0 Å². The van der Waals surface area contributed by atoms with E-state index in [0.29, 0.717) is 12.5 Å². The SMILES string of the molecule is CC1CC[C@](CN)(CS(N)(=O)=O)C1. The summed E-state index contributed by atoms with van der Waals surface area (Å²) >= 11 is 0. The highest BCUT2D eigenvalue weighted by Crippen LogP contribution is 2.41. The molecule has 1 fully saturated rings. The number of hydrogen-bond acceptors (Lipinski definition) is 3. The van der Waals surface area contributed by atoms with Gasteiger partial charge >= 0.3 is 0 Å². The van der Waals surface area contributed by atoms with Gasteiger partial charge < -0.3 is 5.73 Å². The molecule has 0 aliphatic heterocycles. The van der Waals surface area contributed by atoms with Crippen molar-refractivity contribution in [3.63, 3.8) is 0 Å². The van der Waals surface area contributed by atoms with E-state index in [9.17, 15) is 8.42 Å². The van der Waals surface area contributed by atoms with Gasteiger partial charge in [0.1, 0.15) is 0 Å². The molecule has 0 radical (unpaired) electrons. The summed E-state index contributed by atoms with van der Waals surface area (Å²) in [6, 6.07) is 0. The molecule has 4 nitrogen and oxygen atoms in total. The summed E-state index contributed by atoms with van der Waals surface area (Å²) in [5.74, 6) is 0.617. The third-order valence-corrected chi connectivity index (χ3v) is 3.90. The van der Waals surface area contributed by atoms with E-state index in [-0.39, 0.29) is 11.2 Å². The van der Waals surface area contributed by atoms with Crippen molar-refractivity contribution in [2.24, 2.45) is 22.2 Å². The maximum Gasteiger partial charge on any atom is 0.209 e. The molecule has 1 aliphatic carbocycles. The molecule has 0 heterocycles. The third kappa shape index (κ3) is 2.93. The van der Waals surface area contributed by atoms with E-state index in [0.717, 1.165) is 19.3 Å². The van der Waals surface area contributed by atoms with Crippen LogP contribution in [0.2, 0.25) is 0 Å². The van der Waals surface area contributed by atoms with Crippen LogP contribution in [-0.2, 0) is 10.0 Å². The van der Waals surface area contributed by atoms with E-state index >= 15 is 0 Å². The van der Waals surface area contributed by atoms with Gasteiger partial charge in [0.25, 0.3) is 0 Å². The van der Waals surface area contributed by atoms with Gasteiger partial charge in [-0.2, -0.15) is 0 Å². The Morgan fingerprint density at radius 1 is 1.54 bits per heavy atom. The lowest BCUT2D eigenvalue weighted by molar-refractivity contribution is 0.338. The first-order chi connectivity index (χ1) is 5.87. The Labute approximate surface area is 79.7 Å². The van der Waals surface area contributed by atoms with Crippen molar-refractivity contribution in [1.29, 1.82) is 0 Å². The van der Waals surface area contributed by atoms with Gasteiger partial charge in [0.15, 0.2) is 0 Å². The Morgan fingerprint density at radius 2 is 2.15 bits per heavy atom. The summed E-state index contributed by atoms with van der Waals surface area (Å²) in [5.41, 5.74) is 5.38. The van der Waals surface area contributed by atoms with Gasteiger partial charge in [0.05, 0.1) is 5.75 Å². The number of sulfonamides is 1. The highest BCUT2D eigenvalue weighted by molar-refractivity contribution is 7.89. The fourth-order valence-corrected chi connectivity index (χ4v) is 3.53. The molecular weight excluding hydrogens is 188 g/mol. The van der Waals surface area contributed by atoms with Gasteiger partial charge in [-0.25, -0.2) is 13.6 Å². The average molecular weight is 206 g/mol. The van der Waals surface area contributed by atoms with Gasteiger partial charge in [-0.1, -0.05) is 13.3 Å². The molecule has 1 rings (SSSR count). The van der Waals surface area contributed by atoms with Crippen LogP contribution >= 0.6 is 0 Å². The van der Waals surface area contributed by atoms with Crippen molar-refractivity contribution in [3.8, 4) is 0 Å². The Morgan fingerprint density at radius 3 is 2.46 bits per heavy atom. The molecule has 0 aromatic heterocycles. The lowest BCUT2D eigenvalue weighted by Crippen LogP contribution is -2.37. The summed E-state index contributed by atoms with van der Waals surface area (Å²) in [6.45, 7) is 2.55. The van der Waals surface area contributed by atoms with Crippen LogP contribution in [0, 0.1) is 11.3 Å². The van der Waals surface area contributed by atoms with E-state index in [1.165, 1.54) is 0 Å². The van der Waals surface area contributed by atoms with Crippen molar-refractivity contribution < 1.29 is 8.42 Å². The standard InChI is InChI=1S/C8H18N2O2S/c1-7-2-3-8(4-7,5-9)6-13(10,11)12/h7H,2-6,9H2,1H3,(H2,10,11,12)/t7?,8-/m0/s1. The van der Waals surface area contributed by atoms with Crippen molar-refractivity contribution in [2.75, 3.05) is 12.3 Å². The molecule has 1 saturated carbocycles. The van der Waals surface area contributed by atoms with E-state index < -0.39 is 10.0 Å². The second-order valence-electron chi connectivity index (χ2n) is 4.36. The molecule has 0 bridgehead atoms. The number of primary sulfonamides is 1. The minimum absolute atomic E-state index is 0.0425. The summed E-state index contributed by atoms with van der Waals surface area (Å²) < 4.78 is 22.0. The first-order valence-corrected chi connectivity index (χ1v) is 6.29. The second kappa shape index (κ2) is 3.55. The lowest BCUT2D eigenvalue weighted by atomic mass is 9.88.